The minimum atomic E-state index is 0.486. The summed E-state index contributed by atoms with van der Waals surface area (Å²) >= 11 is 0. The molecule has 0 amide bonds. The van der Waals surface area contributed by atoms with Crippen LogP contribution >= 0.6 is 0 Å². The lowest BCUT2D eigenvalue weighted by Gasteiger charge is -2.15. The summed E-state index contributed by atoms with van der Waals surface area (Å²) in [4.78, 5) is 4.67. The second-order valence-corrected chi connectivity index (χ2v) is 6.79. The molecule has 0 fully saturated rings. The number of rotatable bonds is 7. The largest absolute Gasteiger partial charge is 0.494 e. The summed E-state index contributed by atoms with van der Waals surface area (Å²) in [5.74, 6) is 1.55. The van der Waals surface area contributed by atoms with Gasteiger partial charge in [0.1, 0.15) is 23.8 Å². The Bertz CT molecular complexity index is 1120. The molecule has 4 aromatic carbocycles. The lowest BCUT2D eigenvalue weighted by molar-refractivity contribution is 0.307. The third-order valence-electron chi connectivity index (χ3n) is 4.78. The van der Waals surface area contributed by atoms with Crippen molar-refractivity contribution in [3.8, 4) is 22.6 Å². The topological polar surface area (TPSA) is 30.8 Å². The van der Waals surface area contributed by atoms with Crippen LogP contribution in [0.5, 0.6) is 11.5 Å². The molecule has 0 heterocycles. The van der Waals surface area contributed by atoms with Gasteiger partial charge >= 0.3 is 0 Å². The molecule has 0 atom stereocenters. The SMILES string of the molecule is COc1ccccc1N=Cc1cccc(-c2ccccc2)c1OCc1ccccc1. The molecule has 0 bridgehead atoms. The van der Waals surface area contributed by atoms with E-state index in [0.29, 0.717) is 6.61 Å². The van der Waals surface area contributed by atoms with Crippen molar-refractivity contribution in [3.63, 3.8) is 0 Å². The first-order valence-electron chi connectivity index (χ1n) is 9.87. The van der Waals surface area contributed by atoms with Crippen molar-refractivity contribution in [2.75, 3.05) is 7.11 Å². The van der Waals surface area contributed by atoms with Crippen LogP contribution in [0.2, 0.25) is 0 Å². The Kier molecular flexibility index (Phi) is 6.21. The standard InChI is InChI=1S/C27H23NO2/c1-29-26-18-9-8-17-25(26)28-19-23-15-10-16-24(22-13-6-3-7-14-22)27(23)30-20-21-11-4-2-5-12-21/h2-19H,20H2,1H3. The molecule has 0 aliphatic carbocycles. The minimum absolute atomic E-state index is 0.486. The van der Waals surface area contributed by atoms with Crippen LogP contribution in [-0.2, 0) is 6.61 Å². The first-order valence-corrected chi connectivity index (χ1v) is 9.87. The van der Waals surface area contributed by atoms with Gasteiger partial charge in [0.2, 0.25) is 0 Å². The third-order valence-corrected chi connectivity index (χ3v) is 4.78. The van der Waals surface area contributed by atoms with E-state index in [0.717, 1.165) is 39.4 Å². The van der Waals surface area contributed by atoms with Crippen molar-refractivity contribution in [2.24, 2.45) is 4.99 Å². The normalized spacial score (nSPS) is 10.8. The summed E-state index contributed by atoms with van der Waals surface area (Å²) in [7, 11) is 1.65. The Balaban J connectivity index is 1.72. The van der Waals surface area contributed by atoms with Gasteiger partial charge in [-0.15, -0.1) is 0 Å². The van der Waals surface area contributed by atoms with Crippen molar-refractivity contribution < 1.29 is 9.47 Å². The van der Waals surface area contributed by atoms with Gasteiger partial charge in [0.25, 0.3) is 0 Å². The molecule has 30 heavy (non-hydrogen) atoms. The van der Waals surface area contributed by atoms with E-state index in [1.807, 2.05) is 79.0 Å². The van der Waals surface area contributed by atoms with Crippen molar-refractivity contribution in [3.05, 3.63) is 114 Å². The van der Waals surface area contributed by atoms with Crippen LogP contribution in [0, 0.1) is 0 Å². The van der Waals surface area contributed by atoms with Crippen LogP contribution in [0.1, 0.15) is 11.1 Å². The van der Waals surface area contributed by atoms with Crippen LogP contribution in [0.15, 0.2) is 108 Å². The van der Waals surface area contributed by atoms with Crippen molar-refractivity contribution in [2.45, 2.75) is 6.61 Å². The average Bonchev–Trinajstić information content (AvgIpc) is 2.83. The van der Waals surface area contributed by atoms with Gasteiger partial charge in [-0.25, -0.2) is 0 Å². The number of nitrogens with zero attached hydrogens (tertiary/aromatic N) is 1. The summed E-state index contributed by atoms with van der Waals surface area (Å²) in [5, 5.41) is 0. The van der Waals surface area contributed by atoms with E-state index < -0.39 is 0 Å². The van der Waals surface area contributed by atoms with Gasteiger partial charge in [-0.1, -0.05) is 84.9 Å². The number of benzene rings is 4. The summed E-state index contributed by atoms with van der Waals surface area (Å²) in [6.07, 6.45) is 1.84. The van der Waals surface area contributed by atoms with Crippen LogP contribution < -0.4 is 9.47 Å². The molecular weight excluding hydrogens is 370 g/mol. The van der Waals surface area contributed by atoms with Crippen LogP contribution in [0.4, 0.5) is 5.69 Å². The zero-order chi connectivity index (χ0) is 20.6. The van der Waals surface area contributed by atoms with Gasteiger partial charge < -0.3 is 9.47 Å². The Morgan fingerprint density at radius 1 is 0.733 bits per heavy atom. The maximum Gasteiger partial charge on any atom is 0.144 e. The molecule has 0 N–H and O–H groups in total. The molecule has 3 nitrogen and oxygen atoms in total. The fraction of sp³-hybridized carbons (Fsp3) is 0.0741. The predicted octanol–water partition coefficient (Wildman–Crippen LogP) is 6.69. The minimum Gasteiger partial charge on any atom is -0.494 e. The van der Waals surface area contributed by atoms with Crippen molar-refractivity contribution in [1.82, 2.24) is 0 Å². The molecule has 0 radical (unpaired) electrons. The lowest BCUT2D eigenvalue weighted by Crippen LogP contribution is -2.00. The number of ether oxygens (including phenoxy) is 2. The molecule has 0 aliphatic heterocycles. The Morgan fingerprint density at radius 3 is 2.20 bits per heavy atom. The molecule has 0 unspecified atom stereocenters. The van der Waals surface area contributed by atoms with Crippen molar-refractivity contribution >= 4 is 11.9 Å². The number of hydrogen-bond acceptors (Lipinski definition) is 3. The Morgan fingerprint density at radius 2 is 1.43 bits per heavy atom. The molecule has 4 aromatic rings. The molecule has 0 spiro atoms. The number of para-hydroxylation sites is 3. The number of hydrogen-bond donors (Lipinski definition) is 0. The smallest absolute Gasteiger partial charge is 0.144 e. The van der Waals surface area contributed by atoms with E-state index in [1.54, 1.807) is 7.11 Å². The van der Waals surface area contributed by atoms with Crippen LogP contribution in [0.25, 0.3) is 11.1 Å². The molecule has 0 saturated carbocycles. The molecule has 0 aliphatic rings. The van der Waals surface area contributed by atoms with Gasteiger partial charge in [-0.3, -0.25) is 4.99 Å². The molecule has 0 aromatic heterocycles. The maximum absolute atomic E-state index is 6.33. The number of methoxy groups -OCH3 is 1. The first-order chi connectivity index (χ1) is 14.8. The Hall–Kier alpha value is -3.85. The van der Waals surface area contributed by atoms with E-state index in [4.69, 9.17) is 9.47 Å². The van der Waals surface area contributed by atoms with E-state index in [1.165, 1.54) is 0 Å². The second kappa shape index (κ2) is 9.57. The van der Waals surface area contributed by atoms with Gasteiger partial charge in [0.05, 0.1) is 7.11 Å². The van der Waals surface area contributed by atoms with E-state index >= 15 is 0 Å². The predicted molar refractivity (Wildman–Crippen MR) is 123 cm³/mol. The quantitative estimate of drug-likeness (QED) is 0.327. The van der Waals surface area contributed by atoms with E-state index in [2.05, 4.69) is 35.3 Å². The van der Waals surface area contributed by atoms with Gasteiger partial charge in [-0.2, -0.15) is 0 Å². The van der Waals surface area contributed by atoms with Gasteiger partial charge in [0.15, 0.2) is 0 Å². The fourth-order valence-corrected chi connectivity index (χ4v) is 3.27. The zero-order valence-corrected chi connectivity index (χ0v) is 16.9. The van der Waals surface area contributed by atoms with Gasteiger partial charge in [0, 0.05) is 17.3 Å². The highest BCUT2D eigenvalue weighted by Crippen LogP contribution is 2.34. The summed E-state index contributed by atoms with van der Waals surface area (Å²) in [6, 6.07) is 34.3. The third kappa shape index (κ3) is 4.58. The highest BCUT2D eigenvalue weighted by atomic mass is 16.5. The molecule has 148 valence electrons. The maximum atomic E-state index is 6.33. The molecule has 3 heteroatoms. The first kappa shape index (κ1) is 19.5. The second-order valence-electron chi connectivity index (χ2n) is 6.79. The summed E-state index contributed by atoms with van der Waals surface area (Å²) in [5.41, 5.74) is 4.95. The lowest BCUT2D eigenvalue weighted by atomic mass is 10.0. The highest BCUT2D eigenvalue weighted by Gasteiger charge is 2.11. The molecular formula is C27H23NO2. The summed E-state index contributed by atoms with van der Waals surface area (Å²) in [6.45, 7) is 0.486. The monoisotopic (exact) mass is 393 g/mol. The van der Waals surface area contributed by atoms with Crippen LogP contribution in [0.3, 0.4) is 0 Å². The average molecular weight is 393 g/mol. The summed E-state index contributed by atoms with van der Waals surface area (Å²) < 4.78 is 11.7. The number of aliphatic imine (C=N–C) groups is 1. The molecule has 4 rings (SSSR count). The van der Waals surface area contributed by atoms with Crippen molar-refractivity contribution in [1.29, 1.82) is 0 Å². The van der Waals surface area contributed by atoms with E-state index in [9.17, 15) is 0 Å². The Labute approximate surface area is 177 Å². The zero-order valence-electron chi connectivity index (χ0n) is 16.9. The highest BCUT2D eigenvalue weighted by molar-refractivity contribution is 5.90. The van der Waals surface area contributed by atoms with Crippen LogP contribution in [-0.4, -0.2) is 13.3 Å². The van der Waals surface area contributed by atoms with E-state index in [-0.39, 0.29) is 0 Å². The van der Waals surface area contributed by atoms with Gasteiger partial charge in [-0.05, 0) is 29.3 Å². The fourth-order valence-electron chi connectivity index (χ4n) is 3.27. The molecule has 0 saturated heterocycles.